The maximum atomic E-state index is 13.8. The first-order valence-corrected chi connectivity index (χ1v) is 9.17. The Morgan fingerprint density at radius 2 is 1.97 bits per heavy atom. The number of ether oxygens (including phenoxy) is 2. The molecule has 0 aliphatic heterocycles. The second-order valence-corrected chi connectivity index (χ2v) is 6.70. The van der Waals surface area contributed by atoms with Crippen molar-refractivity contribution in [3.8, 4) is 28.3 Å². The van der Waals surface area contributed by atoms with Gasteiger partial charge in [-0.1, -0.05) is 0 Å². The number of H-pyrrole nitrogens is 1. The number of halogens is 1. The second-order valence-electron chi connectivity index (χ2n) is 6.70. The van der Waals surface area contributed by atoms with Crippen molar-refractivity contribution in [1.82, 2.24) is 24.5 Å². The van der Waals surface area contributed by atoms with Crippen molar-refractivity contribution in [2.24, 2.45) is 0 Å². The Morgan fingerprint density at radius 3 is 2.67 bits per heavy atom. The number of aryl methyl sites for hydroxylation is 1. The first kappa shape index (κ1) is 19.4. The number of nitrogens with zero attached hydrogens (tertiary/aromatic N) is 4. The summed E-state index contributed by atoms with van der Waals surface area (Å²) in [6.07, 6.45) is 3.45. The van der Waals surface area contributed by atoms with Crippen LogP contribution in [-0.4, -0.2) is 38.8 Å². The summed E-state index contributed by atoms with van der Waals surface area (Å²) in [5.74, 6) is 1.05. The van der Waals surface area contributed by atoms with Gasteiger partial charge in [-0.15, -0.1) is 0 Å². The van der Waals surface area contributed by atoms with Crippen LogP contribution in [0.5, 0.6) is 11.5 Å². The molecule has 30 heavy (non-hydrogen) atoms. The molecule has 8 nitrogen and oxygen atoms in total. The maximum absolute atomic E-state index is 13.8. The van der Waals surface area contributed by atoms with Gasteiger partial charge in [0.1, 0.15) is 23.1 Å². The molecule has 0 fully saturated rings. The molecule has 1 N–H and O–H groups in total. The third kappa shape index (κ3) is 3.57. The van der Waals surface area contributed by atoms with Crippen LogP contribution in [0.4, 0.5) is 4.39 Å². The first-order valence-electron chi connectivity index (χ1n) is 9.17. The smallest absolute Gasteiger partial charge is 0.351 e. The van der Waals surface area contributed by atoms with E-state index in [1.165, 1.54) is 28.5 Å². The van der Waals surface area contributed by atoms with Crippen LogP contribution in [0.1, 0.15) is 11.4 Å². The van der Waals surface area contributed by atoms with E-state index in [2.05, 4.69) is 15.3 Å². The molecule has 154 valence electrons. The zero-order chi connectivity index (χ0) is 21.3. The summed E-state index contributed by atoms with van der Waals surface area (Å²) in [6.45, 7) is 1.90. The molecule has 4 aromatic rings. The Kier molecular flexibility index (Phi) is 5.09. The standard InChI is InChI=1S/C21H20FN5O3/c1-13-25-27(17-4-5-19(20(9-17)30-3)15-10-23-24-11-15)21(28)26(13)12-14-6-16(22)8-18(7-14)29-2/h4-11H,12H2,1-3H3,(H,23,24). The second kappa shape index (κ2) is 7.86. The monoisotopic (exact) mass is 409 g/mol. The van der Waals surface area contributed by atoms with Crippen LogP contribution in [0.15, 0.2) is 53.6 Å². The van der Waals surface area contributed by atoms with Crippen LogP contribution < -0.4 is 15.2 Å². The molecular weight excluding hydrogens is 389 g/mol. The van der Waals surface area contributed by atoms with E-state index in [-0.39, 0.29) is 12.2 Å². The Hall–Kier alpha value is -3.88. The van der Waals surface area contributed by atoms with Crippen LogP contribution in [0.2, 0.25) is 0 Å². The van der Waals surface area contributed by atoms with Crippen molar-refractivity contribution in [2.45, 2.75) is 13.5 Å². The number of benzene rings is 2. The van der Waals surface area contributed by atoms with E-state index in [1.807, 2.05) is 6.07 Å². The average Bonchev–Trinajstić information content (AvgIpc) is 3.37. The fourth-order valence-corrected chi connectivity index (χ4v) is 3.31. The quantitative estimate of drug-likeness (QED) is 0.529. The summed E-state index contributed by atoms with van der Waals surface area (Å²) in [6, 6.07) is 9.72. The molecule has 9 heteroatoms. The van der Waals surface area contributed by atoms with E-state index in [9.17, 15) is 9.18 Å². The Balaban J connectivity index is 1.72. The highest BCUT2D eigenvalue weighted by molar-refractivity contribution is 5.71. The third-order valence-electron chi connectivity index (χ3n) is 4.79. The number of nitrogens with one attached hydrogen (secondary N) is 1. The van der Waals surface area contributed by atoms with Crippen molar-refractivity contribution >= 4 is 0 Å². The molecule has 0 aliphatic carbocycles. The minimum atomic E-state index is -0.429. The van der Waals surface area contributed by atoms with Gasteiger partial charge in [0, 0.05) is 29.5 Å². The summed E-state index contributed by atoms with van der Waals surface area (Å²) in [4.78, 5) is 13.0. The number of aromatic nitrogens is 5. The van der Waals surface area contributed by atoms with Gasteiger partial charge in [-0.3, -0.25) is 9.67 Å². The normalized spacial score (nSPS) is 10.9. The van der Waals surface area contributed by atoms with E-state index in [0.29, 0.717) is 28.6 Å². The Morgan fingerprint density at radius 1 is 1.13 bits per heavy atom. The summed E-state index contributed by atoms with van der Waals surface area (Å²) >= 11 is 0. The van der Waals surface area contributed by atoms with Gasteiger partial charge in [0.15, 0.2) is 0 Å². The van der Waals surface area contributed by atoms with Crippen molar-refractivity contribution in [2.75, 3.05) is 14.2 Å². The minimum Gasteiger partial charge on any atom is -0.497 e. The molecular formula is C21H20FN5O3. The summed E-state index contributed by atoms with van der Waals surface area (Å²) in [7, 11) is 3.03. The van der Waals surface area contributed by atoms with E-state index in [0.717, 1.165) is 11.1 Å². The number of aromatic amines is 1. The molecule has 0 spiro atoms. The molecule has 0 aliphatic rings. The van der Waals surface area contributed by atoms with Crippen molar-refractivity contribution in [1.29, 1.82) is 0 Å². The third-order valence-corrected chi connectivity index (χ3v) is 4.79. The van der Waals surface area contributed by atoms with Crippen LogP contribution in [-0.2, 0) is 6.54 Å². The minimum absolute atomic E-state index is 0.170. The van der Waals surface area contributed by atoms with Gasteiger partial charge >= 0.3 is 5.69 Å². The van der Waals surface area contributed by atoms with Crippen molar-refractivity contribution in [3.05, 3.63) is 76.5 Å². The Bertz CT molecular complexity index is 1240. The molecule has 0 amide bonds. The van der Waals surface area contributed by atoms with Crippen LogP contribution in [0.3, 0.4) is 0 Å². The van der Waals surface area contributed by atoms with Gasteiger partial charge in [0.2, 0.25) is 0 Å². The highest BCUT2D eigenvalue weighted by atomic mass is 19.1. The zero-order valence-corrected chi connectivity index (χ0v) is 16.7. The fraction of sp³-hybridized carbons (Fsp3) is 0.190. The van der Waals surface area contributed by atoms with E-state index in [4.69, 9.17) is 9.47 Å². The molecule has 0 atom stereocenters. The fourth-order valence-electron chi connectivity index (χ4n) is 3.31. The SMILES string of the molecule is COc1cc(F)cc(Cn2c(C)nn(-c3ccc(-c4cn[nH]c4)c(OC)c3)c2=O)c1. The van der Waals surface area contributed by atoms with Gasteiger partial charge in [0.25, 0.3) is 0 Å². The zero-order valence-electron chi connectivity index (χ0n) is 16.7. The highest BCUT2D eigenvalue weighted by Gasteiger charge is 2.15. The summed E-state index contributed by atoms with van der Waals surface area (Å²) in [5, 5.41) is 11.1. The number of hydrogen-bond acceptors (Lipinski definition) is 5. The average molecular weight is 409 g/mol. The van der Waals surface area contributed by atoms with Crippen molar-refractivity contribution in [3.63, 3.8) is 0 Å². The van der Waals surface area contributed by atoms with Gasteiger partial charge in [-0.2, -0.15) is 14.9 Å². The van der Waals surface area contributed by atoms with Crippen LogP contribution in [0.25, 0.3) is 16.8 Å². The van der Waals surface area contributed by atoms with Crippen molar-refractivity contribution < 1.29 is 13.9 Å². The lowest BCUT2D eigenvalue weighted by Crippen LogP contribution is -2.24. The molecule has 0 radical (unpaired) electrons. The lowest BCUT2D eigenvalue weighted by molar-refractivity contribution is 0.410. The maximum Gasteiger partial charge on any atom is 0.351 e. The number of methoxy groups -OCH3 is 2. The van der Waals surface area contributed by atoms with Gasteiger partial charge in [-0.25, -0.2) is 9.18 Å². The molecule has 2 aromatic heterocycles. The Labute approximate surface area is 171 Å². The molecule has 0 bridgehead atoms. The molecule has 0 unspecified atom stereocenters. The van der Waals surface area contributed by atoms with Gasteiger partial charge in [-0.05, 0) is 36.8 Å². The number of rotatable bonds is 6. The predicted molar refractivity (Wildman–Crippen MR) is 109 cm³/mol. The highest BCUT2D eigenvalue weighted by Crippen LogP contribution is 2.31. The largest absolute Gasteiger partial charge is 0.497 e. The van der Waals surface area contributed by atoms with E-state index < -0.39 is 5.82 Å². The van der Waals surface area contributed by atoms with Gasteiger partial charge in [0.05, 0.1) is 32.6 Å². The number of hydrogen-bond donors (Lipinski definition) is 1. The van der Waals surface area contributed by atoms with Gasteiger partial charge < -0.3 is 9.47 Å². The summed E-state index contributed by atoms with van der Waals surface area (Å²) < 4.78 is 27.2. The first-order chi connectivity index (χ1) is 14.5. The van der Waals surface area contributed by atoms with Crippen LogP contribution >= 0.6 is 0 Å². The molecule has 4 rings (SSSR count). The van der Waals surface area contributed by atoms with Crippen LogP contribution in [0, 0.1) is 12.7 Å². The summed E-state index contributed by atoms with van der Waals surface area (Å²) in [5.41, 5.74) is 2.53. The van der Waals surface area contributed by atoms with E-state index >= 15 is 0 Å². The molecule has 2 aromatic carbocycles. The molecule has 0 saturated carbocycles. The predicted octanol–water partition coefficient (Wildman–Crippen LogP) is 2.94. The lowest BCUT2D eigenvalue weighted by Gasteiger charge is -2.09. The molecule has 2 heterocycles. The van der Waals surface area contributed by atoms with E-state index in [1.54, 1.807) is 44.6 Å². The lowest BCUT2D eigenvalue weighted by atomic mass is 10.1. The molecule has 0 saturated heterocycles. The topological polar surface area (TPSA) is 87.0 Å².